The van der Waals surface area contributed by atoms with E-state index in [1.165, 1.54) is 17.0 Å². The van der Waals surface area contributed by atoms with Crippen LogP contribution in [0.2, 0.25) is 0 Å². The van der Waals surface area contributed by atoms with E-state index in [0.717, 1.165) is 48.2 Å². The van der Waals surface area contributed by atoms with E-state index in [1.54, 1.807) is 12.3 Å². The summed E-state index contributed by atoms with van der Waals surface area (Å²) in [7, 11) is 3.74. The van der Waals surface area contributed by atoms with Crippen LogP contribution in [0.5, 0.6) is 0 Å². The van der Waals surface area contributed by atoms with Crippen molar-refractivity contribution >= 4 is 17.4 Å². The second-order valence-electron chi connectivity index (χ2n) is 9.43. The van der Waals surface area contributed by atoms with Crippen LogP contribution in [-0.2, 0) is 30.5 Å². The van der Waals surface area contributed by atoms with Crippen LogP contribution in [0.4, 0.5) is 24.7 Å². The summed E-state index contributed by atoms with van der Waals surface area (Å²) in [5, 5.41) is 3.26. The second-order valence-corrected chi connectivity index (χ2v) is 9.43. The number of alkyl halides is 3. The van der Waals surface area contributed by atoms with Crippen molar-refractivity contribution in [1.82, 2.24) is 14.8 Å². The summed E-state index contributed by atoms with van der Waals surface area (Å²) in [6.45, 7) is 2.30. The first-order valence-corrected chi connectivity index (χ1v) is 12.3. The normalized spacial score (nSPS) is 13.4. The average molecular weight is 512 g/mol. The number of hydrogen-bond acceptors (Lipinski definition) is 5. The SMILES string of the molecule is CN(C)CCN(Cc1ccccc1C(F)(F)F)C(=O)CNc1cccc2c1CCN(c1ccccn1)C2. The largest absolute Gasteiger partial charge is 0.416 e. The fraction of sp³-hybridized carbons (Fsp3) is 0.357. The highest BCUT2D eigenvalue weighted by atomic mass is 19.4. The molecular weight excluding hydrogens is 479 g/mol. The van der Waals surface area contributed by atoms with Gasteiger partial charge in [0.05, 0.1) is 12.1 Å². The van der Waals surface area contributed by atoms with Crippen molar-refractivity contribution in [1.29, 1.82) is 0 Å². The van der Waals surface area contributed by atoms with Crippen LogP contribution < -0.4 is 10.2 Å². The Labute approximate surface area is 215 Å². The Bertz CT molecular complexity index is 1200. The summed E-state index contributed by atoms with van der Waals surface area (Å²) >= 11 is 0. The molecule has 0 unspecified atom stereocenters. The molecular formula is C28H32F3N5O. The van der Waals surface area contributed by atoms with Crippen LogP contribution in [-0.4, -0.2) is 61.0 Å². The number of nitrogens with zero attached hydrogens (tertiary/aromatic N) is 4. The maximum Gasteiger partial charge on any atom is 0.416 e. The molecule has 1 aliphatic heterocycles. The smallest absolute Gasteiger partial charge is 0.376 e. The van der Waals surface area contributed by atoms with E-state index < -0.39 is 11.7 Å². The van der Waals surface area contributed by atoms with Crippen LogP contribution in [0.25, 0.3) is 0 Å². The first-order valence-electron chi connectivity index (χ1n) is 12.3. The molecule has 0 saturated heterocycles. The molecule has 4 rings (SSSR count). The lowest BCUT2D eigenvalue weighted by Gasteiger charge is -2.31. The molecule has 37 heavy (non-hydrogen) atoms. The summed E-state index contributed by atoms with van der Waals surface area (Å²) in [5.41, 5.74) is 2.59. The number of carbonyl (C=O) groups excluding carboxylic acids is 1. The summed E-state index contributed by atoms with van der Waals surface area (Å²) < 4.78 is 40.6. The highest BCUT2D eigenvalue weighted by Crippen LogP contribution is 2.32. The topological polar surface area (TPSA) is 51.7 Å². The molecule has 3 aromatic rings. The van der Waals surface area contributed by atoms with Gasteiger partial charge in [0.25, 0.3) is 0 Å². The molecule has 0 radical (unpaired) electrons. The van der Waals surface area contributed by atoms with E-state index in [4.69, 9.17) is 0 Å². The minimum absolute atomic E-state index is 0.00201. The molecule has 2 heterocycles. The standard InChI is InChI=1S/C28H32F3N5O/c1-34(2)16-17-36(20-22-8-3-4-10-24(22)28(29,30)31)27(37)18-33-25-11-7-9-21-19-35(15-13-23(21)25)26-12-5-6-14-32-26/h3-12,14,33H,13,15-20H2,1-2H3. The maximum atomic E-state index is 13.5. The zero-order valence-electron chi connectivity index (χ0n) is 21.1. The van der Waals surface area contributed by atoms with Gasteiger partial charge in [-0.05, 0) is 61.5 Å². The van der Waals surface area contributed by atoms with Gasteiger partial charge in [-0.25, -0.2) is 4.98 Å². The molecule has 6 nitrogen and oxygen atoms in total. The third kappa shape index (κ3) is 6.80. The van der Waals surface area contributed by atoms with Crippen LogP contribution in [0, 0.1) is 0 Å². The minimum atomic E-state index is -4.47. The fourth-order valence-corrected chi connectivity index (χ4v) is 4.55. The molecule has 1 N–H and O–H groups in total. The van der Waals surface area contributed by atoms with Gasteiger partial charge in [0.2, 0.25) is 5.91 Å². The number of halogens is 3. The van der Waals surface area contributed by atoms with E-state index in [-0.39, 0.29) is 24.6 Å². The number of benzene rings is 2. The van der Waals surface area contributed by atoms with Gasteiger partial charge in [-0.1, -0.05) is 36.4 Å². The predicted molar refractivity (Wildman–Crippen MR) is 139 cm³/mol. The van der Waals surface area contributed by atoms with Crippen molar-refractivity contribution in [2.45, 2.75) is 25.7 Å². The van der Waals surface area contributed by atoms with Crippen LogP contribution in [0.3, 0.4) is 0 Å². The van der Waals surface area contributed by atoms with Crippen LogP contribution in [0.15, 0.2) is 66.9 Å². The number of amides is 1. The minimum Gasteiger partial charge on any atom is -0.376 e. The number of hydrogen-bond donors (Lipinski definition) is 1. The monoisotopic (exact) mass is 511 g/mol. The fourth-order valence-electron chi connectivity index (χ4n) is 4.55. The lowest BCUT2D eigenvalue weighted by Crippen LogP contribution is -2.40. The number of carbonyl (C=O) groups is 1. The first kappa shape index (κ1) is 26.5. The van der Waals surface area contributed by atoms with E-state index in [9.17, 15) is 18.0 Å². The number of pyridine rings is 1. The third-order valence-corrected chi connectivity index (χ3v) is 6.52. The van der Waals surface area contributed by atoms with E-state index in [0.29, 0.717) is 13.1 Å². The van der Waals surface area contributed by atoms with Crippen molar-refractivity contribution in [3.8, 4) is 0 Å². The van der Waals surface area contributed by atoms with Gasteiger partial charge in [-0.3, -0.25) is 4.79 Å². The number of rotatable bonds is 9. The first-order chi connectivity index (χ1) is 17.7. The van der Waals surface area contributed by atoms with Crippen molar-refractivity contribution in [3.63, 3.8) is 0 Å². The third-order valence-electron chi connectivity index (χ3n) is 6.52. The summed E-state index contributed by atoms with van der Waals surface area (Å²) in [6.07, 6.45) is -1.90. The molecule has 0 fully saturated rings. The zero-order valence-corrected chi connectivity index (χ0v) is 21.1. The lowest BCUT2D eigenvalue weighted by molar-refractivity contribution is -0.139. The zero-order chi connectivity index (χ0) is 26.4. The summed E-state index contributed by atoms with van der Waals surface area (Å²) in [4.78, 5) is 23.3. The van der Waals surface area contributed by atoms with Crippen LogP contribution >= 0.6 is 0 Å². The van der Waals surface area contributed by atoms with E-state index >= 15 is 0 Å². The average Bonchev–Trinajstić information content (AvgIpc) is 2.89. The van der Waals surface area contributed by atoms with Gasteiger partial charge in [0.1, 0.15) is 5.82 Å². The molecule has 0 spiro atoms. The molecule has 1 aromatic heterocycles. The second kappa shape index (κ2) is 11.6. The van der Waals surface area contributed by atoms with Crippen molar-refractivity contribution in [3.05, 3.63) is 89.1 Å². The predicted octanol–water partition coefficient (Wildman–Crippen LogP) is 4.67. The lowest BCUT2D eigenvalue weighted by atomic mass is 9.97. The number of fused-ring (bicyclic) bond motifs is 1. The number of aromatic nitrogens is 1. The summed E-state index contributed by atoms with van der Waals surface area (Å²) in [5.74, 6) is 0.680. The Kier molecular flexibility index (Phi) is 8.33. The Morgan fingerprint density at radius 3 is 2.54 bits per heavy atom. The quantitative estimate of drug-likeness (QED) is 0.453. The number of nitrogens with one attached hydrogen (secondary N) is 1. The number of anilines is 2. The highest BCUT2D eigenvalue weighted by Gasteiger charge is 2.33. The van der Waals surface area contributed by atoms with E-state index in [1.807, 2.05) is 49.3 Å². The van der Waals surface area contributed by atoms with Gasteiger partial charge in [0.15, 0.2) is 0 Å². The van der Waals surface area contributed by atoms with Gasteiger partial charge in [-0.2, -0.15) is 13.2 Å². The van der Waals surface area contributed by atoms with Crippen molar-refractivity contribution in [2.75, 3.05) is 50.5 Å². The Morgan fingerprint density at radius 1 is 1.03 bits per heavy atom. The number of likely N-dealkylation sites (N-methyl/N-ethyl adjacent to an activating group) is 1. The molecule has 2 aromatic carbocycles. The van der Waals surface area contributed by atoms with E-state index in [2.05, 4.69) is 21.3 Å². The molecule has 0 atom stereocenters. The summed E-state index contributed by atoms with van der Waals surface area (Å²) in [6, 6.07) is 17.3. The molecule has 1 amide bonds. The van der Waals surface area contributed by atoms with Gasteiger partial charge in [-0.15, -0.1) is 0 Å². The highest BCUT2D eigenvalue weighted by molar-refractivity contribution is 5.81. The Hall–Kier alpha value is -3.59. The molecule has 196 valence electrons. The maximum absolute atomic E-state index is 13.5. The molecule has 1 aliphatic rings. The molecule has 0 bridgehead atoms. The van der Waals surface area contributed by atoms with Gasteiger partial charge >= 0.3 is 6.18 Å². The molecule has 0 aliphatic carbocycles. The molecule has 0 saturated carbocycles. The van der Waals surface area contributed by atoms with Crippen LogP contribution in [0.1, 0.15) is 22.3 Å². The van der Waals surface area contributed by atoms with Crippen molar-refractivity contribution < 1.29 is 18.0 Å². The van der Waals surface area contributed by atoms with Crippen molar-refractivity contribution in [2.24, 2.45) is 0 Å². The van der Waals surface area contributed by atoms with Gasteiger partial charge < -0.3 is 20.0 Å². The Morgan fingerprint density at radius 2 is 1.81 bits per heavy atom. The van der Waals surface area contributed by atoms with Gasteiger partial charge in [0, 0.05) is 44.6 Å². The Balaban J connectivity index is 1.46. The molecule has 9 heteroatoms.